The van der Waals surface area contributed by atoms with Crippen LogP contribution in [-0.2, 0) is 22.9 Å². The van der Waals surface area contributed by atoms with Gasteiger partial charge in [-0.25, -0.2) is 13.2 Å². The van der Waals surface area contributed by atoms with Crippen molar-refractivity contribution in [1.29, 1.82) is 0 Å². The van der Waals surface area contributed by atoms with Gasteiger partial charge in [-0.2, -0.15) is 0 Å². The lowest BCUT2D eigenvalue weighted by molar-refractivity contribution is 0.149. The minimum Gasteiger partial charge on any atom is -0.427 e. The van der Waals surface area contributed by atoms with E-state index < -0.39 is 16.1 Å². The van der Waals surface area contributed by atoms with Gasteiger partial charge in [0.2, 0.25) is 10.0 Å². The highest BCUT2D eigenvalue weighted by Crippen LogP contribution is 2.46. The Hall–Kier alpha value is -2.12. The van der Waals surface area contributed by atoms with Gasteiger partial charge in [-0.1, -0.05) is 57.6 Å². The highest BCUT2D eigenvalue weighted by molar-refractivity contribution is 7.92. The van der Waals surface area contributed by atoms with Gasteiger partial charge in [-0.05, 0) is 73.8 Å². The Kier molecular flexibility index (Phi) is 9.29. The van der Waals surface area contributed by atoms with Crippen molar-refractivity contribution < 1.29 is 17.9 Å². The molecule has 2 unspecified atom stereocenters. The number of nitrogens with one attached hydrogen (secondary N) is 1. The van der Waals surface area contributed by atoms with Crippen LogP contribution in [0.4, 0.5) is 5.69 Å². The Morgan fingerprint density at radius 3 is 2.61 bits per heavy atom. The molecule has 0 bridgehead atoms. The van der Waals surface area contributed by atoms with E-state index in [0.717, 1.165) is 68.9 Å². The Labute approximate surface area is 215 Å². The Morgan fingerprint density at radius 1 is 1.06 bits per heavy atom. The van der Waals surface area contributed by atoms with Gasteiger partial charge >= 0.3 is 5.63 Å². The Morgan fingerprint density at radius 2 is 1.83 bits per heavy atom. The second kappa shape index (κ2) is 12.4. The molecule has 1 saturated carbocycles. The topological polar surface area (TPSA) is 96.6 Å². The zero-order valence-electron chi connectivity index (χ0n) is 21.5. The maximum absolute atomic E-state index is 13.1. The molecule has 0 aliphatic heterocycles. The molecule has 6 nitrogen and oxygen atoms in total. The molecule has 7 heteroatoms. The fourth-order valence-electron chi connectivity index (χ4n) is 5.41. The number of hydrogen-bond acceptors (Lipinski definition) is 5. The van der Waals surface area contributed by atoms with Crippen LogP contribution in [0.1, 0.15) is 106 Å². The molecule has 0 amide bonds. The number of benzene rings is 1. The van der Waals surface area contributed by atoms with Crippen LogP contribution < -0.4 is 10.3 Å². The Bertz CT molecular complexity index is 1170. The lowest BCUT2D eigenvalue weighted by Gasteiger charge is -2.21. The molecular formula is C29H41NO5S. The highest BCUT2D eigenvalue weighted by Gasteiger charge is 2.36. The number of aryl methyl sites for hydroxylation is 1. The molecule has 0 spiro atoms. The minimum atomic E-state index is -3.43. The molecule has 1 aromatic heterocycles. The summed E-state index contributed by atoms with van der Waals surface area (Å²) in [5.74, 6) is 0.960. The summed E-state index contributed by atoms with van der Waals surface area (Å²) in [6.07, 6.45) is 11.7. The molecule has 1 fully saturated rings. The van der Waals surface area contributed by atoms with E-state index in [1.54, 1.807) is 6.07 Å². The van der Waals surface area contributed by atoms with Gasteiger partial charge in [0, 0.05) is 23.6 Å². The zero-order valence-corrected chi connectivity index (χ0v) is 22.3. The van der Waals surface area contributed by atoms with E-state index in [9.17, 15) is 18.3 Å². The summed E-state index contributed by atoms with van der Waals surface area (Å²) in [5.41, 5.74) is 2.81. The van der Waals surface area contributed by atoms with Gasteiger partial charge in [0.1, 0.15) is 5.76 Å². The molecule has 4 rings (SSSR count). The third-order valence-electron chi connectivity index (χ3n) is 7.51. The molecule has 36 heavy (non-hydrogen) atoms. The molecule has 1 heterocycles. The van der Waals surface area contributed by atoms with Gasteiger partial charge < -0.3 is 9.52 Å². The van der Waals surface area contributed by atoms with Gasteiger partial charge in [-0.15, -0.1) is 0 Å². The monoisotopic (exact) mass is 515 g/mol. The van der Waals surface area contributed by atoms with Crippen LogP contribution in [0.25, 0.3) is 0 Å². The number of sulfonamides is 1. The van der Waals surface area contributed by atoms with Crippen molar-refractivity contribution in [2.45, 2.75) is 102 Å². The third-order valence-corrected chi connectivity index (χ3v) is 8.88. The summed E-state index contributed by atoms with van der Waals surface area (Å²) in [5, 5.41) is 10.2. The van der Waals surface area contributed by atoms with E-state index in [0.29, 0.717) is 35.8 Å². The standard InChI is InChI=1S/C29H41NO5S/c1-2-3-4-5-6-9-17-36(33,34)30-24-13-10-12-23(18-24)28(21-15-16-21)26-19-22-11-7-8-14-25(31)20-27(22)35-29(26)32/h10,12-13,18-19,21,25,28,30-31H,2-9,11,14-17,20H2,1H3. The first-order valence-electron chi connectivity index (χ1n) is 13.8. The first kappa shape index (κ1) is 26.9. The van der Waals surface area contributed by atoms with Gasteiger partial charge in [0.15, 0.2) is 0 Å². The molecule has 2 N–H and O–H groups in total. The SMILES string of the molecule is CCCCCCCCS(=O)(=O)Nc1cccc(C(c2cc3c(oc2=O)CC(O)CCCC3)C2CC2)c1. The molecule has 2 aliphatic rings. The average molecular weight is 516 g/mol. The normalized spacial score (nSPS) is 19.2. The second-order valence-corrected chi connectivity index (χ2v) is 12.5. The number of rotatable bonds is 12. The zero-order chi connectivity index (χ0) is 25.5. The quantitative estimate of drug-likeness (QED) is 0.342. The minimum absolute atomic E-state index is 0.120. The molecule has 1 aromatic carbocycles. The highest BCUT2D eigenvalue weighted by atomic mass is 32.2. The molecular weight excluding hydrogens is 474 g/mol. The number of aliphatic hydroxyl groups is 1. The summed E-state index contributed by atoms with van der Waals surface area (Å²) >= 11 is 0. The predicted octanol–water partition coefficient (Wildman–Crippen LogP) is 5.91. The molecule has 2 aliphatic carbocycles. The predicted molar refractivity (Wildman–Crippen MR) is 144 cm³/mol. The van der Waals surface area contributed by atoms with Crippen LogP contribution in [0.3, 0.4) is 0 Å². The first-order valence-corrected chi connectivity index (χ1v) is 15.5. The number of aliphatic hydroxyl groups excluding tert-OH is 1. The molecule has 198 valence electrons. The number of hydrogen-bond donors (Lipinski definition) is 2. The van der Waals surface area contributed by atoms with Crippen molar-refractivity contribution in [3.63, 3.8) is 0 Å². The number of anilines is 1. The van der Waals surface area contributed by atoms with Crippen molar-refractivity contribution >= 4 is 15.7 Å². The van der Waals surface area contributed by atoms with Crippen molar-refractivity contribution in [2.75, 3.05) is 10.5 Å². The lowest BCUT2D eigenvalue weighted by Crippen LogP contribution is -2.21. The first-order chi connectivity index (χ1) is 17.4. The van der Waals surface area contributed by atoms with Gasteiger partial charge in [0.05, 0.1) is 11.9 Å². The van der Waals surface area contributed by atoms with Crippen molar-refractivity contribution in [3.8, 4) is 0 Å². The van der Waals surface area contributed by atoms with Gasteiger partial charge in [0.25, 0.3) is 0 Å². The van der Waals surface area contributed by atoms with Gasteiger partial charge in [-0.3, -0.25) is 4.72 Å². The van der Waals surface area contributed by atoms with Crippen LogP contribution >= 0.6 is 0 Å². The van der Waals surface area contributed by atoms with Crippen LogP contribution in [0, 0.1) is 5.92 Å². The maximum atomic E-state index is 13.1. The number of fused-ring (bicyclic) bond motifs is 1. The van der Waals surface area contributed by atoms with E-state index in [4.69, 9.17) is 4.42 Å². The van der Waals surface area contributed by atoms with E-state index >= 15 is 0 Å². The van der Waals surface area contributed by atoms with Crippen LogP contribution in [0.15, 0.2) is 39.5 Å². The third kappa shape index (κ3) is 7.45. The summed E-state index contributed by atoms with van der Waals surface area (Å²) in [7, 11) is -3.43. The molecule has 0 saturated heterocycles. The largest absolute Gasteiger partial charge is 0.427 e. The van der Waals surface area contributed by atoms with Crippen LogP contribution in [-0.4, -0.2) is 25.4 Å². The van der Waals surface area contributed by atoms with E-state index in [2.05, 4.69) is 11.6 Å². The van der Waals surface area contributed by atoms with Crippen LogP contribution in [0.5, 0.6) is 0 Å². The van der Waals surface area contributed by atoms with E-state index in [1.807, 2.05) is 24.3 Å². The summed E-state index contributed by atoms with van der Waals surface area (Å²) in [6, 6.07) is 9.49. The van der Waals surface area contributed by atoms with Crippen LogP contribution in [0.2, 0.25) is 0 Å². The lowest BCUT2D eigenvalue weighted by atomic mass is 9.86. The second-order valence-electron chi connectivity index (χ2n) is 10.7. The number of unbranched alkanes of at least 4 members (excludes halogenated alkanes) is 5. The smallest absolute Gasteiger partial charge is 0.339 e. The van der Waals surface area contributed by atoms with Crippen molar-refractivity contribution in [1.82, 2.24) is 0 Å². The van der Waals surface area contributed by atoms with E-state index in [-0.39, 0.29) is 17.3 Å². The fraction of sp³-hybridized carbons (Fsp3) is 0.621. The van der Waals surface area contributed by atoms with E-state index in [1.165, 1.54) is 12.8 Å². The Balaban J connectivity index is 1.51. The van der Waals surface area contributed by atoms with Crippen molar-refractivity contribution in [3.05, 3.63) is 63.2 Å². The van der Waals surface area contributed by atoms with Crippen molar-refractivity contribution in [2.24, 2.45) is 5.92 Å². The summed E-state index contributed by atoms with van der Waals surface area (Å²) < 4.78 is 33.9. The molecule has 0 radical (unpaired) electrons. The maximum Gasteiger partial charge on any atom is 0.339 e. The summed E-state index contributed by atoms with van der Waals surface area (Å²) in [6.45, 7) is 2.17. The fourth-order valence-corrected chi connectivity index (χ4v) is 6.58. The molecule has 2 atom stereocenters. The summed E-state index contributed by atoms with van der Waals surface area (Å²) in [4.78, 5) is 13.1. The average Bonchev–Trinajstić information content (AvgIpc) is 3.65. The molecule has 2 aromatic rings.